The molecule has 1 saturated carbocycles. The van der Waals surface area contributed by atoms with Crippen molar-refractivity contribution >= 4 is 15.9 Å². The monoisotopic (exact) mass is 396 g/mol. The maximum absolute atomic E-state index is 14.4. The smallest absolute Gasteiger partial charge is 0.256 e. The first-order chi connectivity index (χ1) is 12.9. The van der Waals surface area contributed by atoms with Gasteiger partial charge in [0.2, 0.25) is 10.0 Å². The topological polar surface area (TPSA) is 57.7 Å². The summed E-state index contributed by atoms with van der Waals surface area (Å²) >= 11 is 0. The van der Waals surface area contributed by atoms with Crippen molar-refractivity contribution in [1.29, 1.82) is 0 Å². The van der Waals surface area contributed by atoms with Crippen molar-refractivity contribution in [2.24, 2.45) is 11.8 Å². The second-order valence-electron chi connectivity index (χ2n) is 7.58. The molecule has 1 aliphatic carbocycles. The Morgan fingerprint density at radius 2 is 1.81 bits per heavy atom. The van der Waals surface area contributed by atoms with Crippen LogP contribution in [0.1, 0.15) is 56.3 Å². The van der Waals surface area contributed by atoms with E-state index in [1.54, 1.807) is 18.7 Å². The summed E-state index contributed by atoms with van der Waals surface area (Å²) in [5, 5.41) is 0. The molecule has 5 nitrogen and oxygen atoms in total. The first-order valence-electron chi connectivity index (χ1n) is 9.97. The van der Waals surface area contributed by atoms with Crippen LogP contribution in [0, 0.1) is 17.7 Å². The fourth-order valence-electron chi connectivity index (χ4n) is 4.50. The number of nitrogens with zero attached hydrogens (tertiary/aromatic N) is 2. The van der Waals surface area contributed by atoms with Crippen LogP contribution in [0.3, 0.4) is 0 Å². The molecule has 1 aromatic rings. The highest BCUT2D eigenvalue weighted by Gasteiger charge is 2.34. The summed E-state index contributed by atoms with van der Waals surface area (Å²) in [6.45, 7) is 5.43. The number of hydrogen-bond donors (Lipinski definition) is 0. The van der Waals surface area contributed by atoms with Crippen LogP contribution in [0.4, 0.5) is 4.39 Å². The Bertz CT molecular complexity index is 792. The van der Waals surface area contributed by atoms with Gasteiger partial charge in [0.1, 0.15) is 5.82 Å². The molecule has 1 amide bonds. The quantitative estimate of drug-likeness (QED) is 0.765. The summed E-state index contributed by atoms with van der Waals surface area (Å²) < 4.78 is 41.2. The lowest BCUT2D eigenvalue weighted by molar-refractivity contribution is 0.0516. The van der Waals surface area contributed by atoms with Crippen molar-refractivity contribution < 1.29 is 17.6 Å². The van der Waals surface area contributed by atoms with Gasteiger partial charge in [-0.3, -0.25) is 4.79 Å². The molecule has 7 heteroatoms. The molecule has 3 rings (SSSR count). The molecule has 0 N–H and O–H groups in total. The van der Waals surface area contributed by atoms with Crippen LogP contribution in [0.5, 0.6) is 0 Å². The zero-order chi connectivity index (χ0) is 19.6. The molecule has 0 aromatic heterocycles. The van der Waals surface area contributed by atoms with Crippen LogP contribution in [-0.2, 0) is 10.0 Å². The first-order valence-corrected chi connectivity index (χ1v) is 11.4. The van der Waals surface area contributed by atoms with E-state index in [1.807, 2.05) is 0 Å². The van der Waals surface area contributed by atoms with Crippen LogP contribution < -0.4 is 0 Å². The maximum atomic E-state index is 14.4. The van der Waals surface area contributed by atoms with Gasteiger partial charge in [-0.2, -0.15) is 4.31 Å². The summed E-state index contributed by atoms with van der Waals surface area (Å²) in [6.07, 6.45) is 5.74. The number of fused-ring (bicyclic) bond motifs is 1. The predicted octanol–water partition coefficient (Wildman–Crippen LogP) is 3.51. The lowest BCUT2D eigenvalue weighted by atomic mass is 9.75. The minimum Gasteiger partial charge on any atom is -0.338 e. The van der Waals surface area contributed by atoms with E-state index in [0.717, 1.165) is 18.9 Å². The third-order valence-electron chi connectivity index (χ3n) is 6.09. The molecular weight excluding hydrogens is 367 g/mol. The van der Waals surface area contributed by atoms with Gasteiger partial charge >= 0.3 is 0 Å². The number of benzene rings is 1. The number of carbonyl (C=O) groups excluding carboxylic acids is 1. The van der Waals surface area contributed by atoms with E-state index in [1.165, 1.54) is 35.7 Å². The Labute approximate surface area is 161 Å². The SMILES string of the molecule is CCN(CC)S(=O)(=O)c1ccc(F)c(C(=O)N2CC[C@@H]3CCCC[C@H]3C2)c1. The highest BCUT2D eigenvalue weighted by atomic mass is 32.2. The summed E-state index contributed by atoms with van der Waals surface area (Å²) in [4.78, 5) is 14.6. The summed E-state index contributed by atoms with van der Waals surface area (Å²) in [7, 11) is -3.73. The molecule has 0 bridgehead atoms. The summed E-state index contributed by atoms with van der Waals surface area (Å²) in [6, 6.07) is 3.54. The van der Waals surface area contributed by atoms with Crippen molar-refractivity contribution in [1.82, 2.24) is 9.21 Å². The zero-order valence-electron chi connectivity index (χ0n) is 16.2. The van der Waals surface area contributed by atoms with Crippen molar-refractivity contribution in [2.75, 3.05) is 26.2 Å². The highest BCUT2D eigenvalue weighted by molar-refractivity contribution is 7.89. The van der Waals surface area contributed by atoms with Crippen molar-refractivity contribution in [2.45, 2.75) is 50.8 Å². The van der Waals surface area contributed by atoms with Gasteiger partial charge in [0.25, 0.3) is 5.91 Å². The number of sulfonamides is 1. The van der Waals surface area contributed by atoms with Gasteiger partial charge in [0, 0.05) is 26.2 Å². The normalized spacial score (nSPS) is 23.3. The van der Waals surface area contributed by atoms with Crippen molar-refractivity contribution in [3.8, 4) is 0 Å². The van der Waals surface area contributed by atoms with E-state index in [-0.39, 0.29) is 10.5 Å². The fourth-order valence-corrected chi connectivity index (χ4v) is 5.98. The van der Waals surface area contributed by atoms with Crippen LogP contribution >= 0.6 is 0 Å². The Kier molecular flexibility index (Phi) is 6.21. The number of amides is 1. The fraction of sp³-hybridized carbons (Fsp3) is 0.650. The van der Waals surface area contributed by atoms with Gasteiger partial charge in [-0.1, -0.05) is 33.1 Å². The van der Waals surface area contributed by atoms with E-state index in [9.17, 15) is 17.6 Å². The number of carbonyl (C=O) groups is 1. The number of rotatable bonds is 5. The van der Waals surface area contributed by atoms with E-state index >= 15 is 0 Å². The van der Waals surface area contributed by atoms with Gasteiger partial charge in [-0.05, 0) is 42.9 Å². The van der Waals surface area contributed by atoms with Crippen LogP contribution in [0.15, 0.2) is 23.1 Å². The summed E-state index contributed by atoms with van der Waals surface area (Å²) in [5.74, 6) is 0.0986. The standard InChI is InChI=1S/C20H29FN2O3S/c1-3-23(4-2)27(25,26)17-9-10-19(21)18(13-17)20(24)22-12-11-15-7-5-6-8-16(15)14-22/h9-10,13,15-16H,3-8,11-12,14H2,1-2H3/t15-,16-/m0/s1. The number of piperidine rings is 1. The maximum Gasteiger partial charge on any atom is 0.256 e. The van der Waals surface area contributed by atoms with Gasteiger partial charge < -0.3 is 4.90 Å². The lowest BCUT2D eigenvalue weighted by Gasteiger charge is -2.41. The molecule has 0 radical (unpaired) electrons. The molecule has 0 spiro atoms. The minimum absolute atomic E-state index is 0.0245. The number of hydrogen-bond acceptors (Lipinski definition) is 3. The molecule has 1 aromatic carbocycles. The molecule has 1 aliphatic heterocycles. The van der Waals surface area contributed by atoms with Crippen LogP contribution in [0.2, 0.25) is 0 Å². The van der Waals surface area contributed by atoms with E-state index < -0.39 is 21.7 Å². The highest BCUT2D eigenvalue weighted by Crippen LogP contribution is 2.36. The first kappa shape index (κ1) is 20.3. The van der Waals surface area contributed by atoms with Gasteiger partial charge in [0.05, 0.1) is 10.5 Å². The lowest BCUT2D eigenvalue weighted by Crippen LogP contribution is -2.45. The molecule has 150 valence electrons. The van der Waals surface area contributed by atoms with E-state index in [2.05, 4.69) is 0 Å². The van der Waals surface area contributed by atoms with Gasteiger partial charge in [-0.25, -0.2) is 12.8 Å². The van der Waals surface area contributed by atoms with Crippen molar-refractivity contribution in [3.63, 3.8) is 0 Å². The van der Waals surface area contributed by atoms with Gasteiger partial charge in [-0.15, -0.1) is 0 Å². The molecule has 2 fully saturated rings. The van der Waals surface area contributed by atoms with E-state index in [4.69, 9.17) is 0 Å². The molecule has 2 aliphatic rings. The average molecular weight is 397 g/mol. The second-order valence-corrected chi connectivity index (χ2v) is 9.51. The largest absolute Gasteiger partial charge is 0.338 e. The van der Waals surface area contributed by atoms with Crippen LogP contribution in [0.25, 0.3) is 0 Å². The Morgan fingerprint density at radius 1 is 1.15 bits per heavy atom. The zero-order valence-corrected chi connectivity index (χ0v) is 17.0. The Hall–Kier alpha value is -1.47. The molecule has 27 heavy (non-hydrogen) atoms. The van der Waals surface area contributed by atoms with Gasteiger partial charge in [0.15, 0.2) is 0 Å². The molecule has 1 heterocycles. The third-order valence-corrected chi connectivity index (χ3v) is 8.14. The molecule has 0 unspecified atom stereocenters. The van der Waals surface area contributed by atoms with E-state index in [0.29, 0.717) is 38.0 Å². The molecular formula is C20H29FN2O3S. The van der Waals surface area contributed by atoms with Crippen molar-refractivity contribution in [3.05, 3.63) is 29.6 Å². The summed E-state index contributed by atoms with van der Waals surface area (Å²) in [5.41, 5.74) is -0.141. The predicted molar refractivity (Wildman–Crippen MR) is 102 cm³/mol. The third kappa shape index (κ3) is 4.04. The average Bonchev–Trinajstić information content (AvgIpc) is 2.68. The van der Waals surface area contributed by atoms with Crippen LogP contribution in [-0.4, -0.2) is 49.7 Å². The molecule has 2 atom stereocenters. The minimum atomic E-state index is -3.73. The Morgan fingerprint density at radius 3 is 2.48 bits per heavy atom. The number of likely N-dealkylation sites (tertiary alicyclic amines) is 1. The molecule has 1 saturated heterocycles. The number of halogens is 1. The second kappa shape index (κ2) is 8.27. The Balaban J connectivity index is 1.85.